The summed E-state index contributed by atoms with van der Waals surface area (Å²) in [5, 5.41) is 8.85. The Kier molecular flexibility index (Phi) is 3.56. The van der Waals surface area contributed by atoms with E-state index >= 15 is 0 Å². The monoisotopic (exact) mass is 260 g/mol. The number of aromatic nitrogens is 1. The maximum Gasteiger partial charge on any atom is 0.117 e. The molecule has 0 radical (unpaired) electrons. The highest BCUT2D eigenvalue weighted by atomic mass is 16.5. The van der Waals surface area contributed by atoms with E-state index in [4.69, 9.17) is 10.00 Å². The number of nitriles is 1. The number of ether oxygens (including phenoxy) is 1. The molecule has 5 nitrogen and oxygen atoms in total. The molecular formula is C14H20N4O. The normalized spacial score (nSPS) is 28.8. The van der Waals surface area contributed by atoms with Gasteiger partial charge in [-0.2, -0.15) is 5.26 Å². The first-order chi connectivity index (χ1) is 9.24. The van der Waals surface area contributed by atoms with Gasteiger partial charge in [0.1, 0.15) is 11.8 Å². The molecule has 1 aromatic heterocycles. The first-order valence-electron chi connectivity index (χ1n) is 6.82. The van der Waals surface area contributed by atoms with E-state index < -0.39 is 0 Å². The van der Waals surface area contributed by atoms with Gasteiger partial charge in [-0.05, 0) is 18.7 Å². The lowest BCUT2D eigenvalue weighted by Crippen LogP contribution is -2.41. The second-order valence-corrected chi connectivity index (χ2v) is 5.72. The smallest absolute Gasteiger partial charge is 0.117 e. The molecule has 2 atom stereocenters. The zero-order valence-electron chi connectivity index (χ0n) is 11.3. The zero-order valence-corrected chi connectivity index (χ0v) is 11.3. The van der Waals surface area contributed by atoms with E-state index in [0.29, 0.717) is 17.7 Å². The molecule has 2 aliphatic rings. The fraction of sp³-hybridized carbons (Fsp3) is 0.643. The van der Waals surface area contributed by atoms with E-state index in [9.17, 15) is 0 Å². The van der Waals surface area contributed by atoms with Crippen LogP contribution in [0.1, 0.15) is 11.3 Å². The zero-order chi connectivity index (χ0) is 13.2. The van der Waals surface area contributed by atoms with E-state index in [2.05, 4.69) is 27.9 Å². The summed E-state index contributed by atoms with van der Waals surface area (Å²) < 4.78 is 5.73. The highest BCUT2D eigenvalue weighted by Gasteiger charge is 2.31. The van der Waals surface area contributed by atoms with Crippen molar-refractivity contribution in [2.75, 3.05) is 39.9 Å². The van der Waals surface area contributed by atoms with Gasteiger partial charge >= 0.3 is 0 Å². The number of hydrogen-bond acceptors (Lipinski definition) is 4. The first-order valence-corrected chi connectivity index (χ1v) is 6.82. The summed E-state index contributed by atoms with van der Waals surface area (Å²) in [6.45, 7) is 5.86. The molecule has 0 aromatic carbocycles. The number of nitrogens with zero attached hydrogens (tertiary/aromatic N) is 3. The van der Waals surface area contributed by atoms with Crippen molar-refractivity contribution in [1.29, 1.82) is 5.26 Å². The van der Waals surface area contributed by atoms with Crippen LogP contribution in [0.2, 0.25) is 0 Å². The molecule has 0 amide bonds. The highest BCUT2D eigenvalue weighted by Crippen LogP contribution is 2.20. The molecule has 0 saturated carbocycles. The van der Waals surface area contributed by atoms with Crippen LogP contribution in [0.4, 0.5) is 0 Å². The van der Waals surface area contributed by atoms with Gasteiger partial charge in [0.2, 0.25) is 0 Å². The maximum atomic E-state index is 8.85. The van der Waals surface area contributed by atoms with E-state index in [-0.39, 0.29) is 0 Å². The van der Waals surface area contributed by atoms with Crippen LogP contribution in [0.15, 0.2) is 12.3 Å². The summed E-state index contributed by atoms with van der Waals surface area (Å²) in [6.07, 6.45) is 1.94. The highest BCUT2D eigenvalue weighted by molar-refractivity contribution is 5.26. The molecule has 5 heteroatoms. The van der Waals surface area contributed by atoms with Crippen LogP contribution in [-0.2, 0) is 11.3 Å². The number of rotatable bonds is 2. The van der Waals surface area contributed by atoms with Crippen LogP contribution < -0.4 is 0 Å². The first kappa shape index (κ1) is 12.7. The summed E-state index contributed by atoms with van der Waals surface area (Å²) in [4.78, 5) is 7.91. The molecule has 19 heavy (non-hydrogen) atoms. The van der Waals surface area contributed by atoms with Crippen molar-refractivity contribution in [2.45, 2.75) is 12.6 Å². The van der Waals surface area contributed by atoms with Crippen LogP contribution in [-0.4, -0.2) is 60.7 Å². The summed E-state index contributed by atoms with van der Waals surface area (Å²) >= 11 is 0. The van der Waals surface area contributed by atoms with Gasteiger partial charge in [0, 0.05) is 44.3 Å². The van der Waals surface area contributed by atoms with Crippen LogP contribution in [0.3, 0.4) is 0 Å². The minimum Gasteiger partial charge on any atom is -0.379 e. The SMILES string of the molecule is CN1C[C@H]2COC[C@@H]1CN(Cc1c[nH]c(C#N)c1)C2. The van der Waals surface area contributed by atoms with Gasteiger partial charge in [-0.1, -0.05) is 0 Å². The largest absolute Gasteiger partial charge is 0.379 e. The number of fused-ring (bicyclic) bond motifs is 3. The quantitative estimate of drug-likeness (QED) is 0.848. The minimum absolute atomic E-state index is 0.488. The third kappa shape index (κ3) is 2.81. The summed E-state index contributed by atoms with van der Waals surface area (Å²) in [5.41, 5.74) is 1.84. The van der Waals surface area contributed by atoms with Crippen molar-refractivity contribution >= 4 is 0 Å². The molecule has 0 spiro atoms. The fourth-order valence-electron chi connectivity index (χ4n) is 3.13. The summed E-state index contributed by atoms with van der Waals surface area (Å²) in [7, 11) is 2.19. The average molecular weight is 260 g/mol. The van der Waals surface area contributed by atoms with Gasteiger partial charge in [-0.3, -0.25) is 9.80 Å². The van der Waals surface area contributed by atoms with Crippen molar-refractivity contribution in [1.82, 2.24) is 14.8 Å². The number of aromatic amines is 1. The molecule has 0 unspecified atom stereocenters. The van der Waals surface area contributed by atoms with Crippen LogP contribution in [0.5, 0.6) is 0 Å². The summed E-state index contributed by atoms with van der Waals surface area (Å²) in [6, 6.07) is 4.57. The molecule has 2 bridgehead atoms. The molecule has 1 N–H and O–H groups in total. The number of H-pyrrole nitrogens is 1. The molecule has 102 valence electrons. The molecular weight excluding hydrogens is 240 g/mol. The fourth-order valence-corrected chi connectivity index (χ4v) is 3.13. The topological polar surface area (TPSA) is 55.3 Å². The van der Waals surface area contributed by atoms with Crippen molar-refractivity contribution < 1.29 is 4.74 Å². The van der Waals surface area contributed by atoms with Crippen molar-refractivity contribution in [3.05, 3.63) is 23.5 Å². The summed E-state index contributed by atoms with van der Waals surface area (Å²) in [5.74, 6) is 0.590. The third-order valence-corrected chi connectivity index (χ3v) is 4.09. The van der Waals surface area contributed by atoms with Crippen LogP contribution >= 0.6 is 0 Å². The maximum absolute atomic E-state index is 8.85. The van der Waals surface area contributed by atoms with Crippen LogP contribution in [0.25, 0.3) is 0 Å². The van der Waals surface area contributed by atoms with Crippen molar-refractivity contribution in [2.24, 2.45) is 5.92 Å². The lowest BCUT2D eigenvalue weighted by atomic mass is 10.1. The minimum atomic E-state index is 0.488. The Morgan fingerprint density at radius 2 is 2.32 bits per heavy atom. The van der Waals surface area contributed by atoms with Gasteiger partial charge in [0.25, 0.3) is 0 Å². The third-order valence-electron chi connectivity index (χ3n) is 4.09. The van der Waals surface area contributed by atoms with E-state index in [1.807, 2.05) is 12.3 Å². The Morgan fingerprint density at radius 1 is 1.42 bits per heavy atom. The molecule has 3 heterocycles. The molecule has 2 saturated heterocycles. The Bertz CT molecular complexity index is 478. The molecule has 1 aromatic rings. The lowest BCUT2D eigenvalue weighted by molar-refractivity contribution is 0.0516. The number of nitrogens with one attached hydrogen (secondary N) is 1. The van der Waals surface area contributed by atoms with E-state index in [1.54, 1.807) is 0 Å². The predicted octanol–water partition coefficient (Wildman–Crippen LogP) is 0.649. The molecule has 2 aliphatic heterocycles. The van der Waals surface area contributed by atoms with Gasteiger partial charge in [-0.15, -0.1) is 0 Å². The van der Waals surface area contributed by atoms with Gasteiger partial charge in [-0.25, -0.2) is 0 Å². The average Bonchev–Trinajstić information content (AvgIpc) is 2.68. The molecule has 0 aliphatic carbocycles. The Labute approximate surface area is 113 Å². The van der Waals surface area contributed by atoms with Gasteiger partial charge < -0.3 is 9.72 Å². The standard InChI is InChI=1S/C14H20N4O/c1-17-5-12-7-18(8-14(17)10-19-9-12)6-11-2-13(3-15)16-4-11/h2,4,12,14,16H,5-10H2,1H3/t12-,14+/m1/s1. The number of likely N-dealkylation sites (N-methyl/N-ethyl adjacent to an activating group) is 1. The second kappa shape index (κ2) is 5.33. The van der Waals surface area contributed by atoms with Crippen molar-refractivity contribution in [3.63, 3.8) is 0 Å². The lowest BCUT2D eigenvalue weighted by Gasteiger charge is -2.29. The predicted molar refractivity (Wildman–Crippen MR) is 71.5 cm³/mol. The Hall–Kier alpha value is -1.35. The van der Waals surface area contributed by atoms with Gasteiger partial charge in [0.15, 0.2) is 0 Å². The molecule has 2 fully saturated rings. The molecule has 3 rings (SSSR count). The second-order valence-electron chi connectivity index (χ2n) is 5.72. The van der Waals surface area contributed by atoms with Gasteiger partial charge in [0.05, 0.1) is 13.2 Å². The Morgan fingerprint density at radius 3 is 3.11 bits per heavy atom. The van der Waals surface area contributed by atoms with Crippen molar-refractivity contribution in [3.8, 4) is 6.07 Å². The Balaban J connectivity index is 1.70. The van der Waals surface area contributed by atoms with Crippen LogP contribution in [0, 0.1) is 17.2 Å². The van der Waals surface area contributed by atoms with E-state index in [1.165, 1.54) is 5.56 Å². The van der Waals surface area contributed by atoms with E-state index in [0.717, 1.165) is 39.4 Å². The number of hydrogen-bond donors (Lipinski definition) is 1.